The summed E-state index contributed by atoms with van der Waals surface area (Å²) < 4.78 is 0. The Labute approximate surface area is 152 Å². The van der Waals surface area contributed by atoms with Gasteiger partial charge >= 0.3 is 0 Å². The van der Waals surface area contributed by atoms with E-state index in [9.17, 15) is 0 Å². The molecule has 1 saturated heterocycles. The predicted molar refractivity (Wildman–Crippen MR) is 107 cm³/mol. The highest BCUT2D eigenvalue weighted by Crippen LogP contribution is 2.34. The van der Waals surface area contributed by atoms with Crippen molar-refractivity contribution in [1.29, 1.82) is 0 Å². The lowest BCUT2D eigenvalue weighted by Crippen LogP contribution is -2.32. The number of benzene rings is 1. The highest BCUT2D eigenvalue weighted by Gasteiger charge is 2.22. The maximum absolute atomic E-state index is 6.15. The fraction of sp³-hybridized carbons (Fsp3) is 0.350. The number of likely N-dealkylation sites (tertiary alicyclic amines) is 1. The van der Waals surface area contributed by atoms with Crippen molar-refractivity contribution in [1.82, 2.24) is 9.88 Å². The Morgan fingerprint density at radius 3 is 2.88 bits per heavy atom. The van der Waals surface area contributed by atoms with Crippen LogP contribution in [0.1, 0.15) is 36.1 Å². The zero-order chi connectivity index (χ0) is 17.2. The topological polar surface area (TPSA) is 57.4 Å². The molecule has 130 valence electrons. The normalized spacial score (nSPS) is 17.4. The Balaban J connectivity index is 1.63. The molecule has 0 amide bonds. The lowest BCUT2D eigenvalue weighted by molar-refractivity contribution is 0.223. The standard InChI is InChI=1S/C20H24N4S/c1-2-24-9-7-14(8-10-24)17-13-22-18-6-5-15(12-16(17)18)23-20(21)19-4-3-11-25-19/h3-6,11-14,22H,2,7-10H2,1H3,(H2,21,23). The highest BCUT2D eigenvalue weighted by atomic mass is 32.1. The van der Waals surface area contributed by atoms with Crippen LogP contribution < -0.4 is 5.73 Å². The Morgan fingerprint density at radius 1 is 1.32 bits per heavy atom. The molecule has 1 aliphatic rings. The van der Waals surface area contributed by atoms with Crippen LogP contribution in [0.2, 0.25) is 0 Å². The zero-order valence-corrected chi connectivity index (χ0v) is 15.4. The van der Waals surface area contributed by atoms with E-state index in [1.165, 1.54) is 42.4 Å². The number of aliphatic imine (C=N–C) groups is 1. The summed E-state index contributed by atoms with van der Waals surface area (Å²) in [5.74, 6) is 1.22. The van der Waals surface area contributed by atoms with Crippen LogP contribution in [0.25, 0.3) is 10.9 Å². The van der Waals surface area contributed by atoms with E-state index in [2.05, 4.69) is 40.1 Å². The smallest absolute Gasteiger partial charge is 0.141 e. The van der Waals surface area contributed by atoms with Crippen LogP contribution in [0.15, 0.2) is 46.9 Å². The minimum Gasteiger partial charge on any atom is -0.383 e. The molecule has 0 atom stereocenters. The summed E-state index contributed by atoms with van der Waals surface area (Å²) in [6.45, 7) is 5.78. The Kier molecular flexibility index (Phi) is 4.59. The Morgan fingerprint density at radius 2 is 2.16 bits per heavy atom. The van der Waals surface area contributed by atoms with Crippen molar-refractivity contribution in [2.75, 3.05) is 19.6 Å². The summed E-state index contributed by atoms with van der Waals surface area (Å²) in [6, 6.07) is 10.3. The third-order valence-electron chi connectivity index (χ3n) is 5.20. The van der Waals surface area contributed by atoms with Crippen molar-refractivity contribution in [2.45, 2.75) is 25.7 Å². The van der Waals surface area contributed by atoms with Gasteiger partial charge in [-0.1, -0.05) is 13.0 Å². The molecular weight excluding hydrogens is 328 g/mol. The lowest BCUT2D eigenvalue weighted by atomic mass is 9.89. The first kappa shape index (κ1) is 16.4. The number of piperidine rings is 1. The van der Waals surface area contributed by atoms with Gasteiger partial charge in [0.25, 0.3) is 0 Å². The van der Waals surface area contributed by atoms with Gasteiger partial charge in [0.15, 0.2) is 0 Å². The van der Waals surface area contributed by atoms with Gasteiger partial charge in [0, 0.05) is 17.1 Å². The molecule has 1 fully saturated rings. The molecule has 4 rings (SSSR count). The summed E-state index contributed by atoms with van der Waals surface area (Å²) in [7, 11) is 0. The van der Waals surface area contributed by atoms with E-state index < -0.39 is 0 Å². The van der Waals surface area contributed by atoms with Crippen LogP contribution in [-0.2, 0) is 0 Å². The van der Waals surface area contributed by atoms with E-state index in [-0.39, 0.29) is 0 Å². The number of fused-ring (bicyclic) bond motifs is 1. The van der Waals surface area contributed by atoms with Gasteiger partial charge < -0.3 is 15.6 Å². The fourth-order valence-corrected chi connectivity index (χ4v) is 4.34. The maximum Gasteiger partial charge on any atom is 0.141 e. The number of aromatic amines is 1. The molecule has 1 aromatic carbocycles. The predicted octanol–water partition coefficient (Wildman–Crippen LogP) is 4.47. The van der Waals surface area contributed by atoms with E-state index in [0.29, 0.717) is 11.8 Å². The van der Waals surface area contributed by atoms with Crippen LogP contribution in [0.5, 0.6) is 0 Å². The Bertz CT molecular complexity index is 870. The Hall–Kier alpha value is -2.11. The molecule has 3 heterocycles. The molecule has 5 heteroatoms. The largest absolute Gasteiger partial charge is 0.383 e. The second-order valence-corrected chi connectivity index (χ2v) is 7.60. The van der Waals surface area contributed by atoms with Gasteiger partial charge in [0.05, 0.1) is 10.6 Å². The molecule has 1 aliphatic heterocycles. The first-order chi connectivity index (χ1) is 12.2. The number of nitrogens with two attached hydrogens (primary N) is 1. The van der Waals surface area contributed by atoms with Gasteiger partial charge in [-0.2, -0.15) is 0 Å². The molecule has 0 saturated carbocycles. The van der Waals surface area contributed by atoms with Crippen LogP contribution in [-0.4, -0.2) is 35.4 Å². The van der Waals surface area contributed by atoms with Crippen molar-refractivity contribution in [3.63, 3.8) is 0 Å². The van der Waals surface area contributed by atoms with Crippen molar-refractivity contribution in [2.24, 2.45) is 10.7 Å². The number of rotatable bonds is 4. The number of H-pyrrole nitrogens is 1. The van der Waals surface area contributed by atoms with Crippen LogP contribution in [0.4, 0.5) is 5.69 Å². The first-order valence-corrected chi connectivity index (χ1v) is 9.84. The van der Waals surface area contributed by atoms with E-state index in [1.54, 1.807) is 11.3 Å². The number of amidine groups is 1. The van der Waals surface area contributed by atoms with Gasteiger partial charge in [0.2, 0.25) is 0 Å². The maximum atomic E-state index is 6.15. The van der Waals surface area contributed by atoms with Crippen LogP contribution in [0, 0.1) is 0 Å². The molecule has 3 aromatic rings. The molecule has 0 bridgehead atoms. The average molecular weight is 353 g/mol. The summed E-state index contributed by atoms with van der Waals surface area (Å²) in [5, 5.41) is 3.31. The quantitative estimate of drug-likeness (QED) is 0.538. The molecule has 0 spiro atoms. The van der Waals surface area contributed by atoms with Gasteiger partial charge in [0.1, 0.15) is 5.84 Å². The van der Waals surface area contributed by atoms with Gasteiger partial charge in [-0.15, -0.1) is 11.3 Å². The monoisotopic (exact) mass is 352 g/mol. The molecule has 3 N–H and O–H groups in total. The zero-order valence-electron chi connectivity index (χ0n) is 14.5. The van der Waals surface area contributed by atoms with Crippen LogP contribution >= 0.6 is 11.3 Å². The van der Waals surface area contributed by atoms with E-state index in [0.717, 1.165) is 17.1 Å². The van der Waals surface area contributed by atoms with Crippen molar-refractivity contribution in [3.05, 3.63) is 52.3 Å². The average Bonchev–Trinajstić information content (AvgIpc) is 3.31. The summed E-state index contributed by atoms with van der Waals surface area (Å²) in [6.07, 6.45) is 4.64. The SMILES string of the molecule is CCN1CCC(c2c[nH]c3ccc(N=C(N)c4cccs4)cc23)CC1. The number of hydrogen-bond acceptors (Lipinski definition) is 3. The van der Waals surface area contributed by atoms with E-state index in [1.807, 2.05) is 23.6 Å². The third-order valence-corrected chi connectivity index (χ3v) is 6.09. The first-order valence-electron chi connectivity index (χ1n) is 8.96. The molecule has 0 radical (unpaired) electrons. The van der Waals surface area contributed by atoms with Crippen LogP contribution in [0.3, 0.4) is 0 Å². The van der Waals surface area contributed by atoms with E-state index in [4.69, 9.17) is 5.73 Å². The summed E-state index contributed by atoms with van der Waals surface area (Å²) in [4.78, 5) is 11.6. The van der Waals surface area contributed by atoms with Gasteiger partial charge in [-0.25, -0.2) is 4.99 Å². The van der Waals surface area contributed by atoms with Crippen molar-refractivity contribution in [3.8, 4) is 0 Å². The van der Waals surface area contributed by atoms with Crippen molar-refractivity contribution >= 4 is 33.8 Å². The molecular formula is C20H24N4S. The fourth-order valence-electron chi connectivity index (χ4n) is 3.72. The molecule has 2 aromatic heterocycles. The second-order valence-electron chi connectivity index (χ2n) is 6.66. The van der Waals surface area contributed by atoms with Gasteiger partial charge in [-0.3, -0.25) is 0 Å². The minimum absolute atomic E-state index is 0.586. The number of nitrogens with zero attached hydrogens (tertiary/aromatic N) is 2. The minimum atomic E-state index is 0.586. The van der Waals surface area contributed by atoms with Crippen molar-refractivity contribution < 1.29 is 0 Å². The lowest BCUT2D eigenvalue weighted by Gasteiger charge is -2.30. The second kappa shape index (κ2) is 7.02. The molecule has 4 nitrogen and oxygen atoms in total. The molecule has 25 heavy (non-hydrogen) atoms. The van der Waals surface area contributed by atoms with E-state index >= 15 is 0 Å². The highest BCUT2D eigenvalue weighted by molar-refractivity contribution is 7.12. The number of nitrogens with one attached hydrogen (secondary N) is 1. The molecule has 0 unspecified atom stereocenters. The number of thiophene rings is 1. The third kappa shape index (κ3) is 3.34. The van der Waals surface area contributed by atoms with Gasteiger partial charge in [-0.05, 0) is 73.6 Å². The molecule has 0 aliphatic carbocycles. The summed E-state index contributed by atoms with van der Waals surface area (Å²) in [5.41, 5.74) is 9.68. The summed E-state index contributed by atoms with van der Waals surface area (Å²) >= 11 is 1.62. The number of hydrogen-bond donors (Lipinski definition) is 2. The number of aromatic nitrogens is 1.